The number of thiazole rings is 1. The number of rotatable bonds is 3. The molecule has 6 heteroatoms. The number of hydrogen-bond donors (Lipinski definition) is 1. The SMILES string of the molecule is CC(=O)Nc1nc(CN2CCOC(C)C2)cs1. The Morgan fingerprint density at radius 2 is 2.59 bits per heavy atom. The minimum atomic E-state index is -0.0779. The number of nitrogens with one attached hydrogen (secondary N) is 1. The monoisotopic (exact) mass is 255 g/mol. The average Bonchev–Trinajstić information content (AvgIpc) is 2.64. The van der Waals surface area contributed by atoms with E-state index in [1.807, 2.05) is 5.38 Å². The molecule has 17 heavy (non-hydrogen) atoms. The highest BCUT2D eigenvalue weighted by molar-refractivity contribution is 7.13. The Morgan fingerprint density at radius 3 is 3.29 bits per heavy atom. The summed E-state index contributed by atoms with van der Waals surface area (Å²) in [4.78, 5) is 17.6. The highest BCUT2D eigenvalue weighted by Gasteiger charge is 2.17. The van der Waals surface area contributed by atoms with Gasteiger partial charge in [0.1, 0.15) is 0 Å². The first-order chi connectivity index (χ1) is 8.13. The smallest absolute Gasteiger partial charge is 0.223 e. The number of hydrogen-bond acceptors (Lipinski definition) is 5. The molecule has 1 aliphatic heterocycles. The van der Waals surface area contributed by atoms with Gasteiger partial charge in [0.15, 0.2) is 5.13 Å². The average molecular weight is 255 g/mol. The van der Waals surface area contributed by atoms with Crippen molar-refractivity contribution in [1.82, 2.24) is 9.88 Å². The molecule has 1 N–H and O–H groups in total. The van der Waals surface area contributed by atoms with Crippen LogP contribution in [-0.2, 0) is 16.1 Å². The number of carbonyl (C=O) groups is 1. The van der Waals surface area contributed by atoms with Crippen LogP contribution in [0.4, 0.5) is 5.13 Å². The highest BCUT2D eigenvalue weighted by atomic mass is 32.1. The molecule has 1 fully saturated rings. The molecule has 0 saturated carbocycles. The summed E-state index contributed by atoms with van der Waals surface area (Å²) >= 11 is 1.47. The van der Waals surface area contributed by atoms with Crippen molar-refractivity contribution in [3.63, 3.8) is 0 Å². The summed E-state index contributed by atoms with van der Waals surface area (Å²) < 4.78 is 5.49. The second kappa shape index (κ2) is 5.57. The summed E-state index contributed by atoms with van der Waals surface area (Å²) in [6.07, 6.45) is 0.289. The number of anilines is 1. The van der Waals surface area contributed by atoms with Gasteiger partial charge in [0.25, 0.3) is 0 Å². The molecule has 0 spiro atoms. The predicted octanol–water partition coefficient (Wildman–Crippen LogP) is 1.32. The molecule has 1 saturated heterocycles. The molecule has 1 aromatic rings. The van der Waals surface area contributed by atoms with E-state index < -0.39 is 0 Å². The Balaban J connectivity index is 1.89. The summed E-state index contributed by atoms with van der Waals surface area (Å²) in [7, 11) is 0. The first-order valence-corrected chi connectivity index (χ1v) is 6.57. The van der Waals surface area contributed by atoms with E-state index in [0.717, 1.165) is 31.9 Å². The molecule has 2 rings (SSSR count). The third-order valence-corrected chi connectivity index (χ3v) is 3.35. The summed E-state index contributed by atoms with van der Waals surface area (Å²) in [5, 5.41) is 5.36. The summed E-state index contributed by atoms with van der Waals surface area (Å²) in [5.41, 5.74) is 1.01. The van der Waals surface area contributed by atoms with Gasteiger partial charge in [0.05, 0.1) is 18.4 Å². The van der Waals surface area contributed by atoms with E-state index in [1.54, 1.807) is 0 Å². The van der Waals surface area contributed by atoms with Crippen LogP contribution in [0.5, 0.6) is 0 Å². The molecule has 0 bridgehead atoms. The van der Waals surface area contributed by atoms with Crippen molar-refractivity contribution in [2.45, 2.75) is 26.5 Å². The predicted molar refractivity (Wildman–Crippen MR) is 67.1 cm³/mol. The number of carbonyl (C=O) groups excluding carboxylic acids is 1. The van der Waals surface area contributed by atoms with Crippen LogP contribution < -0.4 is 5.32 Å². The molecule has 0 radical (unpaired) electrons. The van der Waals surface area contributed by atoms with Gasteiger partial charge in [-0.25, -0.2) is 4.98 Å². The first kappa shape index (κ1) is 12.5. The fourth-order valence-electron chi connectivity index (χ4n) is 1.85. The van der Waals surface area contributed by atoms with Crippen molar-refractivity contribution in [2.24, 2.45) is 0 Å². The standard InChI is InChI=1S/C11H17N3O2S/c1-8-5-14(3-4-16-8)6-10-7-17-11(13-10)12-9(2)15/h7-8H,3-6H2,1-2H3,(H,12,13,15). The van der Waals surface area contributed by atoms with E-state index in [-0.39, 0.29) is 12.0 Å². The van der Waals surface area contributed by atoms with Crippen LogP contribution in [0, 0.1) is 0 Å². The Morgan fingerprint density at radius 1 is 1.76 bits per heavy atom. The van der Waals surface area contributed by atoms with Crippen molar-refractivity contribution in [3.05, 3.63) is 11.1 Å². The third-order valence-electron chi connectivity index (χ3n) is 2.55. The number of morpholine rings is 1. The molecule has 0 aliphatic carbocycles. The van der Waals surface area contributed by atoms with Crippen LogP contribution in [0.1, 0.15) is 19.5 Å². The maximum Gasteiger partial charge on any atom is 0.223 e. The van der Waals surface area contributed by atoms with Crippen LogP contribution >= 0.6 is 11.3 Å². The molecule has 1 aliphatic rings. The summed E-state index contributed by atoms with van der Waals surface area (Å²) in [5.74, 6) is -0.0779. The van der Waals surface area contributed by atoms with Crippen LogP contribution in [0.25, 0.3) is 0 Å². The molecule has 1 amide bonds. The van der Waals surface area contributed by atoms with Gasteiger partial charge in [0.2, 0.25) is 5.91 Å². The molecular weight excluding hydrogens is 238 g/mol. The van der Waals surface area contributed by atoms with E-state index >= 15 is 0 Å². The molecule has 94 valence electrons. The zero-order valence-electron chi connectivity index (χ0n) is 10.1. The summed E-state index contributed by atoms with van der Waals surface area (Å²) in [6.45, 7) is 7.05. The fourth-order valence-corrected chi connectivity index (χ4v) is 2.60. The number of nitrogens with zero attached hydrogens (tertiary/aromatic N) is 2. The van der Waals surface area contributed by atoms with Gasteiger partial charge < -0.3 is 10.1 Å². The second-order valence-electron chi connectivity index (χ2n) is 4.24. The maximum absolute atomic E-state index is 10.9. The van der Waals surface area contributed by atoms with Gasteiger partial charge in [-0.2, -0.15) is 0 Å². The molecule has 5 nitrogen and oxygen atoms in total. The quantitative estimate of drug-likeness (QED) is 0.885. The third kappa shape index (κ3) is 3.76. The van der Waals surface area contributed by atoms with Crippen LogP contribution in [-0.4, -0.2) is 41.6 Å². The van der Waals surface area contributed by atoms with Crippen LogP contribution in [0.3, 0.4) is 0 Å². The number of ether oxygens (including phenoxy) is 1. The molecule has 1 atom stereocenters. The lowest BCUT2D eigenvalue weighted by Crippen LogP contribution is -2.40. The zero-order chi connectivity index (χ0) is 12.3. The molecule has 0 aromatic carbocycles. The van der Waals surface area contributed by atoms with Crippen molar-refractivity contribution in [1.29, 1.82) is 0 Å². The van der Waals surface area contributed by atoms with Gasteiger partial charge in [-0.3, -0.25) is 9.69 Å². The Labute approximate surface area is 105 Å². The van der Waals surface area contributed by atoms with E-state index in [1.165, 1.54) is 18.3 Å². The van der Waals surface area contributed by atoms with Crippen molar-refractivity contribution >= 4 is 22.4 Å². The highest BCUT2D eigenvalue weighted by Crippen LogP contribution is 2.17. The Bertz CT molecular complexity index is 394. The van der Waals surface area contributed by atoms with Gasteiger partial charge in [0, 0.05) is 31.9 Å². The normalized spacial score (nSPS) is 21.4. The van der Waals surface area contributed by atoms with Crippen molar-refractivity contribution in [3.8, 4) is 0 Å². The second-order valence-corrected chi connectivity index (χ2v) is 5.10. The minimum Gasteiger partial charge on any atom is -0.376 e. The van der Waals surface area contributed by atoms with Crippen molar-refractivity contribution < 1.29 is 9.53 Å². The van der Waals surface area contributed by atoms with E-state index in [2.05, 4.69) is 22.1 Å². The fraction of sp³-hybridized carbons (Fsp3) is 0.636. The van der Waals surface area contributed by atoms with Crippen molar-refractivity contribution in [2.75, 3.05) is 25.0 Å². The number of amides is 1. The van der Waals surface area contributed by atoms with Crippen LogP contribution in [0.15, 0.2) is 5.38 Å². The van der Waals surface area contributed by atoms with Gasteiger partial charge in [-0.15, -0.1) is 11.3 Å². The minimum absolute atomic E-state index is 0.0779. The molecule has 1 aromatic heterocycles. The van der Waals surface area contributed by atoms with Gasteiger partial charge in [-0.1, -0.05) is 0 Å². The first-order valence-electron chi connectivity index (χ1n) is 5.69. The van der Waals surface area contributed by atoms with Gasteiger partial charge >= 0.3 is 0 Å². The Kier molecular flexibility index (Phi) is 4.09. The van der Waals surface area contributed by atoms with Gasteiger partial charge in [-0.05, 0) is 6.92 Å². The topological polar surface area (TPSA) is 54.5 Å². The lowest BCUT2D eigenvalue weighted by Gasteiger charge is -2.30. The zero-order valence-corrected chi connectivity index (χ0v) is 10.9. The maximum atomic E-state index is 10.9. The molecular formula is C11H17N3O2S. The summed E-state index contributed by atoms with van der Waals surface area (Å²) in [6, 6.07) is 0. The van der Waals surface area contributed by atoms with E-state index in [9.17, 15) is 4.79 Å². The Hall–Kier alpha value is -0.980. The van der Waals surface area contributed by atoms with E-state index in [4.69, 9.17) is 4.74 Å². The lowest BCUT2D eigenvalue weighted by molar-refractivity contribution is -0.114. The lowest BCUT2D eigenvalue weighted by atomic mass is 10.3. The number of aromatic nitrogens is 1. The molecule has 1 unspecified atom stereocenters. The van der Waals surface area contributed by atoms with Crippen LogP contribution in [0.2, 0.25) is 0 Å². The molecule has 2 heterocycles. The van der Waals surface area contributed by atoms with E-state index in [0.29, 0.717) is 5.13 Å². The largest absolute Gasteiger partial charge is 0.376 e.